The molecule has 0 radical (unpaired) electrons. The molecule has 4 heteroatoms. The zero-order valence-corrected chi connectivity index (χ0v) is 7.26. The summed E-state index contributed by atoms with van der Waals surface area (Å²) in [4.78, 5) is 0. The van der Waals surface area contributed by atoms with Crippen molar-refractivity contribution in [3.8, 4) is 0 Å². The van der Waals surface area contributed by atoms with Crippen LogP contribution in [0.5, 0.6) is 0 Å². The van der Waals surface area contributed by atoms with E-state index < -0.39 is 5.67 Å². The lowest BCUT2D eigenvalue weighted by molar-refractivity contribution is -0.00290. The van der Waals surface area contributed by atoms with Crippen LogP contribution in [0.2, 0.25) is 0 Å². The Bertz CT molecular complexity index is 133. The molecule has 4 N–H and O–H groups in total. The fraction of sp³-hybridized carbons (Fsp3) is 1.00. The molecule has 1 aliphatic rings. The largest absolute Gasteiger partial charge is 0.381 e. The number of rotatable bonds is 3. The van der Waals surface area contributed by atoms with Crippen molar-refractivity contribution in [2.45, 2.75) is 18.5 Å². The maximum Gasteiger partial charge on any atom is 0.138 e. The number of halogens is 1. The molecule has 3 nitrogen and oxygen atoms in total. The van der Waals surface area contributed by atoms with Gasteiger partial charge < -0.3 is 16.2 Å². The van der Waals surface area contributed by atoms with Crippen molar-refractivity contribution in [1.29, 1.82) is 0 Å². The van der Waals surface area contributed by atoms with Gasteiger partial charge in [-0.1, -0.05) is 0 Å². The molecule has 0 aromatic carbocycles. The van der Waals surface area contributed by atoms with Gasteiger partial charge in [0.05, 0.1) is 0 Å². The lowest BCUT2D eigenvalue weighted by Crippen LogP contribution is -2.48. The zero-order chi connectivity index (χ0) is 9.03. The molecule has 1 heterocycles. The van der Waals surface area contributed by atoms with Crippen LogP contribution in [0.3, 0.4) is 0 Å². The summed E-state index contributed by atoms with van der Waals surface area (Å²) in [5.41, 5.74) is 9.33. The molecule has 0 amide bonds. The van der Waals surface area contributed by atoms with Crippen molar-refractivity contribution in [3.05, 3.63) is 0 Å². The zero-order valence-electron chi connectivity index (χ0n) is 7.26. The molecule has 0 unspecified atom stereocenters. The normalized spacial score (nSPS) is 21.2. The maximum absolute atomic E-state index is 13.8. The minimum absolute atomic E-state index is 0.0127. The van der Waals surface area contributed by atoms with Crippen LogP contribution in [0.4, 0.5) is 4.39 Å². The molecule has 0 aliphatic carbocycles. The topological polar surface area (TPSA) is 61.3 Å². The highest BCUT2D eigenvalue weighted by molar-refractivity contribution is 4.90. The summed E-state index contributed by atoms with van der Waals surface area (Å²) in [7, 11) is 0. The van der Waals surface area contributed by atoms with Crippen LogP contribution >= 0.6 is 0 Å². The first kappa shape index (κ1) is 9.89. The molecule has 0 aromatic rings. The SMILES string of the molecule is NCC(F)(CN)C1CCOCC1. The Hall–Kier alpha value is -0.190. The lowest BCUT2D eigenvalue weighted by atomic mass is 9.83. The Kier molecular flexibility index (Phi) is 3.43. The Morgan fingerprint density at radius 2 is 1.75 bits per heavy atom. The second kappa shape index (κ2) is 4.16. The summed E-state index contributed by atoms with van der Waals surface area (Å²) >= 11 is 0. The van der Waals surface area contributed by atoms with Crippen molar-refractivity contribution in [1.82, 2.24) is 0 Å². The molecule has 0 atom stereocenters. The molecule has 0 saturated carbocycles. The van der Waals surface area contributed by atoms with E-state index in [0.29, 0.717) is 13.2 Å². The summed E-state index contributed by atoms with van der Waals surface area (Å²) in [6, 6.07) is 0. The van der Waals surface area contributed by atoms with Gasteiger partial charge in [-0.2, -0.15) is 0 Å². The second-order valence-electron chi connectivity index (χ2n) is 3.33. The monoisotopic (exact) mass is 176 g/mol. The molecule has 0 aromatic heterocycles. The Morgan fingerprint density at radius 1 is 1.25 bits per heavy atom. The minimum atomic E-state index is -1.37. The van der Waals surface area contributed by atoms with E-state index in [9.17, 15) is 4.39 Å². The van der Waals surface area contributed by atoms with Crippen LogP contribution in [0.25, 0.3) is 0 Å². The molecule has 12 heavy (non-hydrogen) atoms. The summed E-state index contributed by atoms with van der Waals surface area (Å²) in [6.45, 7) is 1.31. The van der Waals surface area contributed by atoms with Crippen molar-refractivity contribution in [3.63, 3.8) is 0 Å². The Labute approximate surface area is 72.2 Å². The highest BCUT2D eigenvalue weighted by Crippen LogP contribution is 2.29. The van der Waals surface area contributed by atoms with Crippen LogP contribution in [0, 0.1) is 5.92 Å². The van der Waals surface area contributed by atoms with Crippen LogP contribution in [0.15, 0.2) is 0 Å². The van der Waals surface area contributed by atoms with E-state index in [-0.39, 0.29) is 19.0 Å². The van der Waals surface area contributed by atoms with Gasteiger partial charge in [-0.05, 0) is 18.8 Å². The van der Waals surface area contributed by atoms with Crippen molar-refractivity contribution in [2.24, 2.45) is 17.4 Å². The molecule has 1 saturated heterocycles. The number of hydrogen-bond donors (Lipinski definition) is 2. The summed E-state index contributed by atoms with van der Waals surface area (Å²) in [5.74, 6) is -0.0127. The van der Waals surface area contributed by atoms with Gasteiger partial charge >= 0.3 is 0 Å². The smallest absolute Gasteiger partial charge is 0.138 e. The second-order valence-corrected chi connectivity index (χ2v) is 3.33. The van der Waals surface area contributed by atoms with E-state index in [2.05, 4.69) is 0 Å². The van der Waals surface area contributed by atoms with Gasteiger partial charge in [0.15, 0.2) is 0 Å². The Morgan fingerprint density at radius 3 is 2.17 bits per heavy atom. The van der Waals surface area contributed by atoms with Gasteiger partial charge in [-0.3, -0.25) is 0 Å². The van der Waals surface area contributed by atoms with E-state index in [4.69, 9.17) is 16.2 Å². The predicted molar refractivity (Wildman–Crippen MR) is 45.5 cm³/mol. The maximum atomic E-state index is 13.8. The lowest BCUT2D eigenvalue weighted by Gasteiger charge is -2.34. The highest BCUT2D eigenvalue weighted by atomic mass is 19.1. The quantitative estimate of drug-likeness (QED) is 0.638. The van der Waals surface area contributed by atoms with Gasteiger partial charge in [0.2, 0.25) is 0 Å². The number of ether oxygens (including phenoxy) is 1. The van der Waals surface area contributed by atoms with Crippen LogP contribution in [-0.4, -0.2) is 32.0 Å². The van der Waals surface area contributed by atoms with Crippen molar-refractivity contribution >= 4 is 0 Å². The molecule has 1 rings (SSSR count). The molecule has 0 spiro atoms. The van der Waals surface area contributed by atoms with Gasteiger partial charge in [-0.25, -0.2) is 4.39 Å². The van der Waals surface area contributed by atoms with Crippen LogP contribution in [0.1, 0.15) is 12.8 Å². The highest BCUT2D eigenvalue weighted by Gasteiger charge is 2.37. The van der Waals surface area contributed by atoms with Gasteiger partial charge in [0.25, 0.3) is 0 Å². The van der Waals surface area contributed by atoms with Gasteiger partial charge in [0.1, 0.15) is 5.67 Å². The molecular weight excluding hydrogens is 159 g/mol. The Balaban J connectivity index is 2.51. The molecular formula is C8H17FN2O. The fourth-order valence-corrected chi connectivity index (χ4v) is 1.63. The number of nitrogens with two attached hydrogens (primary N) is 2. The van der Waals surface area contributed by atoms with E-state index >= 15 is 0 Å². The average Bonchev–Trinajstić information content (AvgIpc) is 2.18. The number of hydrogen-bond acceptors (Lipinski definition) is 3. The number of alkyl halides is 1. The third-order valence-electron chi connectivity index (χ3n) is 2.63. The molecule has 0 bridgehead atoms. The van der Waals surface area contributed by atoms with E-state index in [1.54, 1.807) is 0 Å². The summed E-state index contributed by atoms with van der Waals surface area (Å²) in [5, 5.41) is 0. The average molecular weight is 176 g/mol. The van der Waals surface area contributed by atoms with Crippen LogP contribution in [-0.2, 0) is 4.74 Å². The van der Waals surface area contributed by atoms with Gasteiger partial charge in [-0.15, -0.1) is 0 Å². The van der Waals surface area contributed by atoms with E-state index in [0.717, 1.165) is 12.8 Å². The van der Waals surface area contributed by atoms with Crippen LogP contribution < -0.4 is 11.5 Å². The molecule has 1 fully saturated rings. The fourth-order valence-electron chi connectivity index (χ4n) is 1.63. The third-order valence-corrected chi connectivity index (χ3v) is 2.63. The van der Waals surface area contributed by atoms with Gasteiger partial charge in [0, 0.05) is 26.3 Å². The van der Waals surface area contributed by atoms with E-state index in [1.165, 1.54) is 0 Å². The first-order chi connectivity index (χ1) is 5.73. The standard InChI is InChI=1S/C8H17FN2O/c9-8(5-10,6-11)7-1-3-12-4-2-7/h7H,1-6,10-11H2. The first-order valence-corrected chi connectivity index (χ1v) is 4.40. The third kappa shape index (κ3) is 1.94. The summed E-state index contributed by atoms with van der Waals surface area (Å²) in [6.07, 6.45) is 1.48. The molecule has 1 aliphatic heterocycles. The van der Waals surface area contributed by atoms with Crippen molar-refractivity contribution < 1.29 is 9.13 Å². The summed E-state index contributed by atoms with van der Waals surface area (Å²) < 4.78 is 19.0. The molecule has 72 valence electrons. The predicted octanol–water partition coefficient (Wildman–Crippen LogP) is 0.0387. The first-order valence-electron chi connectivity index (χ1n) is 4.40. The van der Waals surface area contributed by atoms with E-state index in [1.807, 2.05) is 0 Å². The minimum Gasteiger partial charge on any atom is -0.381 e. The van der Waals surface area contributed by atoms with Crippen molar-refractivity contribution in [2.75, 3.05) is 26.3 Å².